The maximum absolute atomic E-state index is 3.88. The number of nitrogens with zero attached hydrogens (tertiary/aromatic N) is 2. The maximum atomic E-state index is 3.88. The van der Waals surface area contributed by atoms with Crippen LogP contribution < -0.4 is 10.3 Å². The Morgan fingerprint density at radius 2 is 2.62 bits per heavy atom. The first-order valence-electron chi connectivity index (χ1n) is 2.38. The molecule has 1 heterocycles. The van der Waals surface area contributed by atoms with Gasteiger partial charge in [-0.1, -0.05) is 9.98 Å². The molecule has 0 atom stereocenters. The van der Waals surface area contributed by atoms with Crippen LogP contribution in [0.2, 0.25) is 0 Å². The van der Waals surface area contributed by atoms with E-state index in [-0.39, 0.29) is 0 Å². The zero-order chi connectivity index (χ0) is 5.82. The molecule has 1 N–H and O–H groups in total. The van der Waals surface area contributed by atoms with Gasteiger partial charge >= 0.3 is 5.96 Å². The molecular weight excluding hydrogens is 102 g/mol. The van der Waals surface area contributed by atoms with Crippen LogP contribution in [0.4, 0.5) is 0 Å². The number of allylic oxidation sites excluding steroid dienone is 1. The van der Waals surface area contributed by atoms with Crippen LogP contribution in [0.15, 0.2) is 17.3 Å². The monoisotopic (exact) mass is 109 g/mol. The number of hydrogen-bond acceptors (Lipinski definition) is 3. The molecule has 8 heavy (non-hydrogen) atoms. The third kappa shape index (κ3) is 0.932. The van der Waals surface area contributed by atoms with Gasteiger partial charge < -0.3 is 0 Å². The van der Waals surface area contributed by atoms with Gasteiger partial charge in [-0.3, -0.25) is 5.32 Å². The Morgan fingerprint density at radius 1 is 1.75 bits per heavy atom. The maximum Gasteiger partial charge on any atom is 0.425 e. The molecule has 3 nitrogen and oxygen atoms in total. The molecule has 1 aliphatic rings. The van der Waals surface area contributed by atoms with E-state index >= 15 is 0 Å². The highest BCUT2D eigenvalue weighted by atomic mass is 15.1. The second-order valence-electron chi connectivity index (χ2n) is 1.32. The van der Waals surface area contributed by atoms with Crippen LogP contribution in [-0.2, 0) is 0 Å². The van der Waals surface area contributed by atoms with Crippen molar-refractivity contribution in [3.63, 3.8) is 0 Å². The lowest BCUT2D eigenvalue weighted by atomic mass is 10.6. The number of nitrogens with one attached hydrogen (secondary N) is 1. The van der Waals surface area contributed by atoms with Crippen molar-refractivity contribution in [1.29, 1.82) is 0 Å². The number of aliphatic imine (C=N–C) groups is 2. The summed E-state index contributed by atoms with van der Waals surface area (Å²) in [5.41, 5.74) is 0. The predicted octanol–water partition coefficient (Wildman–Crippen LogP) is -0.504. The molecule has 0 aromatic rings. The van der Waals surface area contributed by atoms with Gasteiger partial charge in [0.1, 0.15) is 12.4 Å². The lowest BCUT2D eigenvalue weighted by Crippen LogP contribution is -2.24. The highest BCUT2D eigenvalue weighted by Crippen LogP contribution is 1.76. The van der Waals surface area contributed by atoms with Gasteiger partial charge in [0.25, 0.3) is 0 Å². The average molecular weight is 109 g/mol. The van der Waals surface area contributed by atoms with Crippen LogP contribution in [0.5, 0.6) is 0 Å². The summed E-state index contributed by atoms with van der Waals surface area (Å²) in [5.74, 6) is 0.660. The van der Waals surface area contributed by atoms with Crippen LogP contribution in [0.1, 0.15) is 0 Å². The zero-order valence-electron chi connectivity index (χ0n) is 4.63. The van der Waals surface area contributed by atoms with Gasteiger partial charge in [-0.05, 0) is 0 Å². The average Bonchev–Trinajstić information content (AvgIpc) is 1.90. The van der Waals surface area contributed by atoms with Crippen LogP contribution >= 0.6 is 0 Å². The lowest BCUT2D eigenvalue weighted by molar-refractivity contribution is 1.10. The Hall–Kier alpha value is -1.12. The minimum Gasteiger partial charge on any atom is -0.274 e. The van der Waals surface area contributed by atoms with Crippen LogP contribution in [-0.4, -0.2) is 19.2 Å². The van der Waals surface area contributed by atoms with Gasteiger partial charge in [-0.2, -0.15) is 0 Å². The second kappa shape index (κ2) is 2.26. The molecule has 0 unspecified atom stereocenters. The van der Waals surface area contributed by atoms with Gasteiger partial charge in [0, 0.05) is 6.08 Å². The summed E-state index contributed by atoms with van der Waals surface area (Å²) in [6.45, 7) is 0. The lowest BCUT2D eigenvalue weighted by Gasteiger charge is -1.84. The van der Waals surface area contributed by atoms with E-state index in [1.807, 2.05) is 0 Å². The second-order valence-corrected chi connectivity index (χ2v) is 1.32. The molecule has 0 aromatic heterocycles. The quantitative estimate of drug-likeness (QED) is 0.447. The van der Waals surface area contributed by atoms with Crippen molar-refractivity contribution in [3.8, 4) is 0 Å². The first-order chi connectivity index (χ1) is 3.93. The Bertz CT molecular complexity index is 155. The summed E-state index contributed by atoms with van der Waals surface area (Å²) < 4.78 is 0. The fraction of sp³-hybridized carbons (Fsp3) is 0.200. The molecule has 1 radical (unpaired) electrons. The molecule has 0 fully saturated rings. The normalized spacial score (nSPS) is 15.9. The summed E-state index contributed by atoms with van der Waals surface area (Å²) >= 11 is 0. The SMILES string of the molecule is CNC1=NC=CC=[N+]1. The molecule has 3 heteroatoms. The topological polar surface area (TPSA) is 38.5 Å². The van der Waals surface area contributed by atoms with E-state index in [4.69, 9.17) is 0 Å². The fourth-order valence-electron chi connectivity index (χ4n) is 0.428. The summed E-state index contributed by atoms with van der Waals surface area (Å²) in [7, 11) is 1.79. The first kappa shape index (κ1) is 5.03. The van der Waals surface area contributed by atoms with Crippen LogP contribution in [0.3, 0.4) is 0 Å². The zero-order valence-corrected chi connectivity index (χ0v) is 4.63. The summed E-state index contributed by atoms with van der Waals surface area (Å²) in [4.78, 5) is 7.75. The largest absolute Gasteiger partial charge is 0.425 e. The van der Waals surface area contributed by atoms with E-state index in [0.29, 0.717) is 5.96 Å². The number of rotatable bonds is 0. The Balaban J connectivity index is 2.68. The molecule has 0 aromatic carbocycles. The van der Waals surface area contributed by atoms with Crippen molar-refractivity contribution in [2.24, 2.45) is 4.99 Å². The van der Waals surface area contributed by atoms with Crippen LogP contribution in [0, 0.1) is 0 Å². The molecule has 0 saturated heterocycles. The standard InChI is InChI=1S/C5H7N3/c1-6-5-7-3-2-4-8-5/h2-4H,1H3,(H,6,7)/q+1. The molecule has 0 aliphatic carbocycles. The van der Waals surface area contributed by atoms with E-state index in [1.54, 1.807) is 25.5 Å². The third-order valence-electron chi connectivity index (χ3n) is 0.789. The Labute approximate surface area is 47.8 Å². The summed E-state index contributed by atoms with van der Waals surface area (Å²) in [5, 5.41) is 2.80. The first-order valence-corrected chi connectivity index (χ1v) is 2.38. The van der Waals surface area contributed by atoms with Gasteiger partial charge in [0.15, 0.2) is 0 Å². The molecular formula is C5H7N3+. The molecule has 41 valence electrons. The van der Waals surface area contributed by atoms with Crippen molar-refractivity contribution in [3.05, 3.63) is 12.3 Å². The summed E-state index contributed by atoms with van der Waals surface area (Å²) in [6.07, 6.45) is 5.17. The van der Waals surface area contributed by atoms with E-state index in [2.05, 4.69) is 15.3 Å². The van der Waals surface area contributed by atoms with E-state index in [0.717, 1.165) is 0 Å². The highest BCUT2D eigenvalue weighted by molar-refractivity contribution is 5.90. The minimum absolute atomic E-state index is 0.660. The smallest absolute Gasteiger partial charge is 0.274 e. The molecule has 0 spiro atoms. The summed E-state index contributed by atoms with van der Waals surface area (Å²) in [6, 6.07) is 0. The third-order valence-corrected chi connectivity index (χ3v) is 0.789. The fourth-order valence-corrected chi connectivity index (χ4v) is 0.428. The molecule has 1 rings (SSSR count). The van der Waals surface area contributed by atoms with Crippen LogP contribution in [0.25, 0.3) is 0 Å². The molecule has 0 amide bonds. The van der Waals surface area contributed by atoms with Gasteiger partial charge in [0.2, 0.25) is 0 Å². The Kier molecular flexibility index (Phi) is 1.42. The molecule has 1 aliphatic heterocycles. The molecule has 0 bridgehead atoms. The van der Waals surface area contributed by atoms with Crippen molar-refractivity contribution in [2.75, 3.05) is 7.05 Å². The number of guanidine groups is 1. The minimum atomic E-state index is 0.660. The Morgan fingerprint density at radius 3 is 3.00 bits per heavy atom. The predicted molar refractivity (Wildman–Crippen MR) is 33.8 cm³/mol. The van der Waals surface area contributed by atoms with Crippen molar-refractivity contribution >= 4 is 12.2 Å². The van der Waals surface area contributed by atoms with E-state index in [1.165, 1.54) is 0 Å². The molecule has 0 saturated carbocycles. The van der Waals surface area contributed by atoms with Gasteiger partial charge in [-0.25, -0.2) is 0 Å². The van der Waals surface area contributed by atoms with Crippen molar-refractivity contribution in [2.45, 2.75) is 0 Å². The van der Waals surface area contributed by atoms with E-state index in [9.17, 15) is 0 Å². The number of hydrogen-bond donors (Lipinski definition) is 1. The van der Waals surface area contributed by atoms with E-state index < -0.39 is 0 Å². The van der Waals surface area contributed by atoms with Gasteiger partial charge in [0.05, 0.1) is 7.05 Å². The van der Waals surface area contributed by atoms with Gasteiger partial charge in [-0.15, -0.1) is 0 Å². The van der Waals surface area contributed by atoms with Crippen molar-refractivity contribution < 1.29 is 0 Å². The highest BCUT2D eigenvalue weighted by Gasteiger charge is 2.01. The van der Waals surface area contributed by atoms with Crippen molar-refractivity contribution in [1.82, 2.24) is 10.3 Å².